The molecule has 3 rings (SSSR count). The van der Waals surface area contributed by atoms with Gasteiger partial charge < -0.3 is 15.8 Å². The number of carboxylic acids is 1. The molecule has 4 N–H and O–H groups in total. The van der Waals surface area contributed by atoms with Crippen LogP contribution in [0, 0.1) is 11.8 Å². The van der Waals surface area contributed by atoms with E-state index in [0.717, 1.165) is 11.9 Å². The van der Waals surface area contributed by atoms with Crippen LogP contribution in [0.4, 0.5) is 5.82 Å². The van der Waals surface area contributed by atoms with E-state index in [1.165, 1.54) is 0 Å². The average Bonchev–Trinajstić information content (AvgIpc) is 2.91. The van der Waals surface area contributed by atoms with Crippen molar-refractivity contribution in [3.8, 4) is 0 Å². The highest BCUT2D eigenvalue weighted by Crippen LogP contribution is 2.42. The van der Waals surface area contributed by atoms with E-state index in [9.17, 15) is 9.90 Å². The summed E-state index contributed by atoms with van der Waals surface area (Å²) < 4.78 is 0. The molecule has 3 unspecified atom stereocenters. The van der Waals surface area contributed by atoms with Gasteiger partial charge in [-0.05, 0) is 30.9 Å². The number of nitrogens with zero attached hydrogens (tertiary/aromatic N) is 2. The third kappa shape index (κ3) is 2.03. The second-order valence-electron chi connectivity index (χ2n) is 5.36. The number of aliphatic carboxylic acids is 1. The van der Waals surface area contributed by atoms with Crippen molar-refractivity contribution < 1.29 is 9.90 Å². The maximum absolute atomic E-state index is 11.3. The molecule has 0 aromatic carbocycles. The SMILES string of the molecule is CC1CC(C(=O)O)C(c2nc3nc(N)ccc3[nH]2)C1. The van der Waals surface area contributed by atoms with E-state index in [0.29, 0.717) is 29.6 Å². The minimum absolute atomic E-state index is 0.0667. The molecule has 0 saturated heterocycles. The fraction of sp³-hybridized carbons (Fsp3) is 0.462. The third-order valence-electron chi connectivity index (χ3n) is 3.85. The van der Waals surface area contributed by atoms with E-state index in [2.05, 4.69) is 21.9 Å². The van der Waals surface area contributed by atoms with Gasteiger partial charge in [-0.1, -0.05) is 6.92 Å². The number of hydrogen-bond donors (Lipinski definition) is 3. The first kappa shape index (κ1) is 12.0. The third-order valence-corrected chi connectivity index (χ3v) is 3.85. The summed E-state index contributed by atoms with van der Waals surface area (Å²) in [6, 6.07) is 3.53. The number of carbonyl (C=O) groups is 1. The van der Waals surface area contributed by atoms with Crippen molar-refractivity contribution in [2.75, 3.05) is 5.73 Å². The lowest BCUT2D eigenvalue weighted by atomic mass is 9.96. The molecular formula is C13H16N4O2. The van der Waals surface area contributed by atoms with Gasteiger partial charge in [-0.3, -0.25) is 4.79 Å². The van der Waals surface area contributed by atoms with Crippen LogP contribution in [-0.4, -0.2) is 26.0 Å². The lowest BCUT2D eigenvalue weighted by Crippen LogP contribution is -2.17. The molecule has 6 nitrogen and oxygen atoms in total. The molecule has 1 aliphatic rings. The zero-order valence-electron chi connectivity index (χ0n) is 10.6. The van der Waals surface area contributed by atoms with Gasteiger partial charge in [0, 0.05) is 5.92 Å². The maximum atomic E-state index is 11.3. The standard InChI is InChI=1S/C13H16N4O2/c1-6-4-7(8(5-6)13(18)19)11-15-9-2-3-10(14)16-12(9)17-11/h2-3,6-8H,4-5H2,1H3,(H,18,19)(H3,14,15,16,17). The first-order valence-electron chi connectivity index (χ1n) is 6.39. The van der Waals surface area contributed by atoms with Crippen LogP contribution in [0.3, 0.4) is 0 Å². The van der Waals surface area contributed by atoms with Crippen molar-refractivity contribution in [2.45, 2.75) is 25.7 Å². The highest BCUT2D eigenvalue weighted by Gasteiger charge is 2.39. The van der Waals surface area contributed by atoms with E-state index in [4.69, 9.17) is 5.73 Å². The Bertz CT molecular complexity index is 637. The number of aromatic amines is 1. The summed E-state index contributed by atoms with van der Waals surface area (Å²) in [4.78, 5) is 23.1. The number of pyridine rings is 1. The second kappa shape index (κ2) is 4.22. The highest BCUT2D eigenvalue weighted by atomic mass is 16.4. The molecule has 1 saturated carbocycles. The Labute approximate surface area is 110 Å². The zero-order valence-corrected chi connectivity index (χ0v) is 10.6. The van der Waals surface area contributed by atoms with Crippen LogP contribution in [0.5, 0.6) is 0 Å². The first-order chi connectivity index (χ1) is 9.04. The molecule has 0 spiro atoms. The second-order valence-corrected chi connectivity index (χ2v) is 5.36. The summed E-state index contributed by atoms with van der Waals surface area (Å²) in [6.07, 6.45) is 1.54. The Hall–Kier alpha value is -2.11. The largest absolute Gasteiger partial charge is 0.481 e. The van der Waals surface area contributed by atoms with E-state index < -0.39 is 5.97 Å². The number of nitrogen functional groups attached to an aromatic ring is 1. The number of imidazole rings is 1. The molecule has 1 fully saturated rings. The highest BCUT2D eigenvalue weighted by molar-refractivity contribution is 5.74. The normalized spacial score (nSPS) is 26.9. The molecular weight excluding hydrogens is 244 g/mol. The van der Waals surface area contributed by atoms with Crippen molar-refractivity contribution in [3.63, 3.8) is 0 Å². The molecule has 6 heteroatoms. The average molecular weight is 260 g/mol. The monoisotopic (exact) mass is 260 g/mol. The number of hydrogen-bond acceptors (Lipinski definition) is 4. The smallest absolute Gasteiger partial charge is 0.307 e. The van der Waals surface area contributed by atoms with Gasteiger partial charge in [-0.2, -0.15) is 0 Å². The predicted octanol–water partition coefficient (Wildman–Crippen LogP) is 1.75. The first-order valence-corrected chi connectivity index (χ1v) is 6.39. The van der Waals surface area contributed by atoms with Crippen molar-refractivity contribution >= 4 is 23.0 Å². The van der Waals surface area contributed by atoms with E-state index in [1.54, 1.807) is 6.07 Å². The summed E-state index contributed by atoms with van der Waals surface area (Å²) in [5.41, 5.74) is 6.98. The van der Waals surface area contributed by atoms with Crippen LogP contribution in [-0.2, 0) is 4.79 Å². The van der Waals surface area contributed by atoms with Crippen molar-refractivity contribution in [1.29, 1.82) is 0 Å². The molecule has 2 aromatic heterocycles. The van der Waals surface area contributed by atoms with Crippen LogP contribution in [0.15, 0.2) is 12.1 Å². The molecule has 1 aliphatic carbocycles. The number of nitrogens with one attached hydrogen (secondary N) is 1. The van der Waals surface area contributed by atoms with Crippen LogP contribution in [0.25, 0.3) is 11.2 Å². The summed E-state index contributed by atoms with van der Waals surface area (Å²) >= 11 is 0. The van der Waals surface area contributed by atoms with E-state index >= 15 is 0 Å². The zero-order chi connectivity index (χ0) is 13.6. The lowest BCUT2D eigenvalue weighted by Gasteiger charge is -2.12. The number of nitrogens with two attached hydrogens (primary N) is 1. The summed E-state index contributed by atoms with van der Waals surface area (Å²) in [7, 11) is 0. The van der Waals surface area contributed by atoms with Gasteiger partial charge in [0.1, 0.15) is 11.6 Å². The molecule has 3 atom stereocenters. The number of rotatable bonds is 2. The lowest BCUT2D eigenvalue weighted by molar-refractivity contribution is -0.142. The maximum Gasteiger partial charge on any atom is 0.307 e. The molecule has 0 bridgehead atoms. The van der Waals surface area contributed by atoms with Crippen LogP contribution < -0.4 is 5.73 Å². The molecule has 0 aliphatic heterocycles. The number of aromatic nitrogens is 3. The van der Waals surface area contributed by atoms with Crippen LogP contribution in [0.1, 0.15) is 31.5 Å². The Morgan fingerprint density at radius 2 is 2.21 bits per heavy atom. The van der Waals surface area contributed by atoms with E-state index in [-0.39, 0.29) is 11.8 Å². The van der Waals surface area contributed by atoms with Crippen LogP contribution >= 0.6 is 0 Å². The summed E-state index contributed by atoms with van der Waals surface area (Å²) in [6.45, 7) is 2.08. The Balaban J connectivity index is 2.01. The van der Waals surface area contributed by atoms with Gasteiger partial charge in [0.2, 0.25) is 0 Å². The van der Waals surface area contributed by atoms with Gasteiger partial charge >= 0.3 is 5.97 Å². The number of fused-ring (bicyclic) bond motifs is 1. The topological polar surface area (TPSA) is 105 Å². The summed E-state index contributed by atoms with van der Waals surface area (Å²) in [5.74, 6) is 0.348. The minimum Gasteiger partial charge on any atom is -0.481 e. The van der Waals surface area contributed by atoms with Crippen molar-refractivity contribution in [3.05, 3.63) is 18.0 Å². The number of carboxylic acid groups (broad SMARTS) is 1. The Kier molecular flexibility index (Phi) is 2.66. The fourth-order valence-electron chi connectivity index (χ4n) is 2.97. The van der Waals surface area contributed by atoms with Gasteiger partial charge in [0.25, 0.3) is 0 Å². The number of anilines is 1. The predicted molar refractivity (Wildman–Crippen MR) is 70.6 cm³/mol. The van der Waals surface area contributed by atoms with Gasteiger partial charge in [-0.15, -0.1) is 0 Å². The fourth-order valence-corrected chi connectivity index (χ4v) is 2.97. The molecule has 100 valence electrons. The Morgan fingerprint density at radius 1 is 1.42 bits per heavy atom. The molecule has 19 heavy (non-hydrogen) atoms. The summed E-state index contributed by atoms with van der Waals surface area (Å²) in [5, 5.41) is 9.30. The van der Waals surface area contributed by atoms with Gasteiger partial charge in [0.15, 0.2) is 5.65 Å². The van der Waals surface area contributed by atoms with Crippen LogP contribution in [0.2, 0.25) is 0 Å². The molecule has 2 aromatic rings. The molecule has 0 radical (unpaired) electrons. The molecule has 0 amide bonds. The molecule has 2 heterocycles. The van der Waals surface area contributed by atoms with Crippen molar-refractivity contribution in [1.82, 2.24) is 15.0 Å². The van der Waals surface area contributed by atoms with Crippen molar-refractivity contribution in [2.24, 2.45) is 11.8 Å². The van der Waals surface area contributed by atoms with Gasteiger partial charge in [0.05, 0.1) is 11.4 Å². The Morgan fingerprint density at radius 3 is 2.95 bits per heavy atom. The quantitative estimate of drug-likeness (QED) is 0.763. The minimum atomic E-state index is -0.748. The number of H-pyrrole nitrogens is 1. The van der Waals surface area contributed by atoms with E-state index in [1.807, 2.05) is 6.07 Å². The van der Waals surface area contributed by atoms with Gasteiger partial charge in [-0.25, -0.2) is 9.97 Å².